The van der Waals surface area contributed by atoms with Gasteiger partial charge in [0.2, 0.25) is 0 Å². The molecule has 0 saturated heterocycles. The van der Waals surface area contributed by atoms with Crippen LogP contribution in [0.5, 0.6) is 0 Å². The molecule has 2 rings (SSSR count). The number of nitrogens with two attached hydrogens (primary N) is 1. The maximum Gasteiger partial charge on any atom is 0.0701 e. The Balaban J connectivity index is 0.00000185. The molecule has 0 aromatic heterocycles. The number of benzene rings is 1. The van der Waals surface area contributed by atoms with Gasteiger partial charge in [-0.05, 0) is 29.0 Å². The Bertz CT molecular complexity index is 457. The van der Waals surface area contributed by atoms with Crippen LogP contribution < -0.4 is 5.73 Å². The van der Waals surface area contributed by atoms with E-state index in [1.807, 2.05) is 13.8 Å². The van der Waals surface area contributed by atoms with Crippen LogP contribution >= 0.6 is 0 Å². The summed E-state index contributed by atoms with van der Waals surface area (Å²) in [6.45, 7) is 14.9. The molecule has 0 radical (unpaired) electrons. The van der Waals surface area contributed by atoms with Crippen LogP contribution in [0.15, 0.2) is 18.2 Å². The predicted octanol–water partition coefficient (Wildman–Crippen LogP) is 3.78. The molecule has 2 N–H and O–H groups in total. The summed E-state index contributed by atoms with van der Waals surface area (Å²) in [5.74, 6) is 0.649. The van der Waals surface area contributed by atoms with E-state index < -0.39 is 0 Å². The van der Waals surface area contributed by atoms with E-state index in [9.17, 15) is 0 Å². The lowest BCUT2D eigenvalue weighted by molar-refractivity contribution is 0.0407. The third-order valence-electron chi connectivity index (χ3n) is 4.39. The van der Waals surface area contributed by atoms with Gasteiger partial charge in [-0.15, -0.1) is 0 Å². The highest BCUT2D eigenvalue weighted by molar-refractivity contribution is 5.36. The minimum Gasteiger partial charge on any atom is -0.378 e. The number of hydrogen-bond acceptors (Lipinski definition) is 4. The summed E-state index contributed by atoms with van der Waals surface area (Å²) >= 11 is 0. The van der Waals surface area contributed by atoms with Crippen LogP contribution in [0, 0.1) is 0 Å². The lowest BCUT2D eigenvalue weighted by atomic mass is 9.95. The average Bonchev–Trinajstić information content (AvgIpc) is 3.03. The lowest BCUT2D eigenvalue weighted by Crippen LogP contribution is -2.22. The maximum atomic E-state index is 5.61. The van der Waals surface area contributed by atoms with Crippen molar-refractivity contribution in [1.82, 2.24) is 4.90 Å². The summed E-state index contributed by atoms with van der Waals surface area (Å²) < 4.78 is 10.9. The molecule has 0 fully saturated rings. The van der Waals surface area contributed by atoms with E-state index in [4.69, 9.17) is 15.2 Å². The molecule has 140 valence electrons. The van der Waals surface area contributed by atoms with Crippen LogP contribution in [0.3, 0.4) is 0 Å². The van der Waals surface area contributed by atoms with Crippen molar-refractivity contribution in [2.45, 2.75) is 53.1 Å². The molecule has 24 heavy (non-hydrogen) atoms. The molecule has 0 amide bonds. The molecule has 0 saturated carbocycles. The van der Waals surface area contributed by atoms with E-state index in [0.29, 0.717) is 32.3 Å². The quantitative estimate of drug-likeness (QED) is 0.660. The molecule has 4 heteroatoms. The first-order valence-electron chi connectivity index (χ1n) is 9.44. The highest BCUT2D eigenvalue weighted by Crippen LogP contribution is 2.27. The average molecular weight is 339 g/mol. The zero-order valence-corrected chi connectivity index (χ0v) is 16.0. The van der Waals surface area contributed by atoms with Crippen LogP contribution in [-0.2, 0) is 22.6 Å². The number of nitrogens with zero attached hydrogens (tertiary/aromatic N) is 1. The van der Waals surface area contributed by atoms with Gasteiger partial charge in [-0.1, -0.05) is 45.9 Å². The van der Waals surface area contributed by atoms with Crippen molar-refractivity contribution in [3.63, 3.8) is 0 Å². The smallest absolute Gasteiger partial charge is 0.0701 e. The van der Waals surface area contributed by atoms with Crippen molar-refractivity contribution in [2.75, 3.05) is 39.5 Å². The Morgan fingerprint density at radius 1 is 1.08 bits per heavy atom. The minimum atomic E-state index is 0. The molecular weight excluding hydrogens is 300 g/mol. The summed E-state index contributed by atoms with van der Waals surface area (Å²) in [6, 6.07) is 6.99. The van der Waals surface area contributed by atoms with E-state index in [1.54, 1.807) is 0 Å². The molecule has 4 nitrogen and oxygen atoms in total. The fourth-order valence-electron chi connectivity index (χ4n) is 2.78. The normalized spacial score (nSPS) is 14.9. The molecule has 1 heterocycles. The third-order valence-corrected chi connectivity index (χ3v) is 4.39. The SMILES string of the molecule is CC.CCC(C)c1ccc2c(c1)CN(CCOCCOCCN)C2.[HH]. The van der Waals surface area contributed by atoms with Crippen molar-refractivity contribution in [3.8, 4) is 0 Å². The van der Waals surface area contributed by atoms with Crippen LogP contribution in [0.2, 0.25) is 0 Å². The Hall–Kier alpha value is -0.940. The topological polar surface area (TPSA) is 47.7 Å². The zero-order chi connectivity index (χ0) is 17.8. The van der Waals surface area contributed by atoms with Gasteiger partial charge in [0.15, 0.2) is 0 Å². The first-order valence-corrected chi connectivity index (χ1v) is 9.44. The number of fused-ring (bicyclic) bond motifs is 1. The number of ether oxygens (including phenoxy) is 2. The number of hydrogen-bond donors (Lipinski definition) is 1. The van der Waals surface area contributed by atoms with Crippen molar-refractivity contribution >= 4 is 0 Å². The predicted molar refractivity (Wildman–Crippen MR) is 103 cm³/mol. The Kier molecular flexibility index (Phi) is 10.9. The van der Waals surface area contributed by atoms with E-state index in [2.05, 4.69) is 36.9 Å². The second-order valence-electron chi connectivity index (χ2n) is 6.06. The molecule has 0 spiro atoms. The maximum absolute atomic E-state index is 5.61. The summed E-state index contributed by atoms with van der Waals surface area (Å²) in [5, 5.41) is 0. The van der Waals surface area contributed by atoms with Crippen molar-refractivity contribution in [2.24, 2.45) is 5.73 Å². The van der Waals surface area contributed by atoms with Crippen LogP contribution in [0.25, 0.3) is 0 Å². The monoisotopic (exact) mass is 338 g/mol. The van der Waals surface area contributed by atoms with Gasteiger partial charge in [0, 0.05) is 27.6 Å². The van der Waals surface area contributed by atoms with Gasteiger partial charge in [0.25, 0.3) is 0 Å². The Morgan fingerprint density at radius 2 is 1.75 bits per heavy atom. The highest BCUT2D eigenvalue weighted by Gasteiger charge is 2.19. The molecule has 1 aromatic carbocycles. The summed E-state index contributed by atoms with van der Waals surface area (Å²) in [7, 11) is 0. The molecular formula is C20H38N2O2. The molecule has 0 bridgehead atoms. The molecule has 1 atom stereocenters. The van der Waals surface area contributed by atoms with Crippen molar-refractivity contribution < 1.29 is 10.9 Å². The zero-order valence-electron chi connectivity index (χ0n) is 16.0. The third kappa shape index (κ3) is 6.89. The highest BCUT2D eigenvalue weighted by atomic mass is 16.5. The molecule has 1 aromatic rings. The standard InChI is InChI=1S/C18H30N2O2.C2H6.H2/c1-3-15(2)16-4-5-17-13-20(14-18(17)12-16)7-9-22-11-10-21-8-6-19;1-2;/h4-5,12,15H,3,6-11,13-14,19H2,1-2H3;1-2H3;1H. The lowest BCUT2D eigenvalue weighted by Gasteiger charge is -2.14. The Labute approximate surface area is 149 Å². The van der Waals surface area contributed by atoms with E-state index in [1.165, 1.54) is 23.1 Å². The van der Waals surface area contributed by atoms with Gasteiger partial charge in [-0.25, -0.2) is 0 Å². The van der Waals surface area contributed by atoms with Crippen molar-refractivity contribution in [3.05, 3.63) is 34.9 Å². The van der Waals surface area contributed by atoms with Gasteiger partial charge >= 0.3 is 0 Å². The summed E-state index contributed by atoms with van der Waals surface area (Å²) in [5.41, 5.74) is 9.79. The van der Waals surface area contributed by atoms with E-state index >= 15 is 0 Å². The van der Waals surface area contributed by atoms with Crippen LogP contribution in [-0.4, -0.2) is 44.4 Å². The molecule has 1 aliphatic rings. The molecule has 0 aliphatic carbocycles. The second kappa shape index (κ2) is 12.4. The van der Waals surface area contributed by atoms with Gasteiger partial charge in [-0.3, -0.25) is 4.90 Å². The Morgan fingerprint density at radius 3 is 2.42 bits per heavy atom. The van der Waals surface area contributed by atoms with Crippen LogP contribution in [0.4, 0.5) is 0 Å². The largest absolute Gasteiger partial charge is 0.378 e. The van der Waals surface area contributed by atoms with Gasteiger partial charge < -0.3 is 15.2 Å². The van der Waals surface area contributed by atoms with Gasteiger partial charge in [0.05, 0.1) is 26.4 Å². The minimum absolute atomic E-state index is 0. The van der Waals surface area contributed by atoms with Crippen LogP contribution in [0.1, 0.15) is 58.2 Å². The van der Waals surface area contributed by atoms with Crippen molar-refractivity contribution in [1.29, 1.82) is 0 Å². The second-order valence-corrected chi connectivity index (χ2v) is 6.06. The summed E-state index contributed by atoms with van der Waals surface area (Å²) in [4.78, 5) is 2.45. The molecule has 1 aliphatic heterocycles. The van der Waals surface area contributed by atoms with Gasteiger partial charge in [-0.2, -0.15) is 0 Å². The fraction of sp³-hybridized carbons (Fsp3) is 0.700. The first-order chi connectivity index (χ1) is 11.7. The summed E-state index contributed by atoms with van der Waals surface area (Å²) in [6.07, 6.45) is 1.20. The van der Waals surface area contributed by atoms with Gasteiger partial charge in [0.1, 0.15) is 0 Å². The number of rotatable bonds is 10. The van der Waals surface area contributed by atoms with E-state index in [-0.39, 0.29) is 1.43 Å². The first kappa shape index (κ1) is 21.1. The molecule has 1 unspecified atom stereocenters. The fourth-order valence-corrected chi connectivity index (χ4v) is 2.78. The van der Waals surface area contributed by atoms with E-state index in [0.717, 1.165) is 26.2 Å².